The SMILES string of the molecule is CCC=CCOC(=O)C=Cc1ccc(OCC)cc1. The quantitative estimate of drug-likeness (QED) is 0.427. The van der Waals surface area contributed by atoms with Gasteiger partial charge in [0.2, 0.25) is 0 Å². The molecule has 0 heterocycles. The standard InChI is InChI=1S/C16H20O3/c1-3-5-6-13-19-16(17)12-9-14-7-10-15(11-8-14)18-4-2/h5-12H,3-4,13H2,1-2H3. The van der Waals surface area contributed by atoms with E-state index in [2.05, 4.69) is 0 Å². The van der Waals surface area contributed by atoms with Gasteiger partial charge in [-0.25, -0.2) is 4.79 Å². The monoisotopic (exact) mass is 260 g/mol. The Balaban J connectivity index is 2.42. The summed E-state index contributed by atoms with van der Waals surface area (Å²) < 4.78 is 10.3. The van der Waals surface area contributed by atoms with Crippen LogP contribution in [0.25, 0.3) is 6.08 Å². The van der Waals surface area contributed by atoms with Crippen LogP contribution in [0.4, 0.5) is 0 Å². The van der Waals surface area contributed by atoms with Crippen molar-refractivity contribution in [1.82, 2.24) is 0 Å². The second kappa shape index (κ2) is 8.97. The third kappa shape index (κ3) is 6.46. The van der Waals surface area contributed by atoms with E-state index in [-0.39, 0.29) is 5.97 Å². The van der Waals surface area contributed by atoms with Crippen molar-refractivity contribution in [1.29, 1.82) is 0 Å². The van der Waals surface area contributed by atoms with Crippen LogP contribution in [0.5, 0.6) is 5.75 Å². The molecule has 0 radical (unpaired) electrons. The zero-order valence-electron chi connectivity index (χ0n) is 11.5. The molecule has 0 aliphatic carbocycles. The molecule has 1 aromatic rings. The molecule has 0 saturated carbocycles. The van der Waals surface area contributed by atoms with Crippen molar-refractivity contribution < 1.29 is 14.3 Å². The predicted octanol–water partition coefficient (Wildman–Crippen LogP) is 3.61. The van der Waals surface area contributed by atoms with Gasteiger partial charge in [0.1, 0.15) is 12.4 Å². The molecular weight excluding hydrogens is 240 g/mol. The molecule has 0 amide bonds. The fourth-order valence-electron chi connectivity index (χ4n) is 1.42. The summed E-state index contributed by atoms with van der Waals surface area (Å²) >= 11 is 0. The smallest absolute Gasteiger partial charge is 0.331 e. The van der Waals surface area contributed by atoms with Gasteiger partial charge in [0.25, 0.3) is 0 Å². The van der Waals surface area contributed by atoms with Gasteiger partial charge in [0.05, 0.1) is 6.61 Å². The number of benzene rings is 1. The third-order valence-corrected chi connectivity index (χ3v) is 2.33. The van der Waals surface area contributed by atoms with Crippen molar-refractivity contribution in [2.45, 2.75) is 20.3 Å². The van der Waals surface area contributed by atoms with E-state index < -0.39 is 0 Å². The number of hydrogen-bond acceptors (Lipinski definition) is 3. The average molecular weight is 260 g/mol. The highest BCUT2D eigenvalue weighted by molar-refractivity contribution is 5.87. The van der Waals surface area contributed by atoms with Gasteiger partial charge in [-0.3, -0.25) is 0 Å². The number of hydrogen-bond donors (Lipinski definition) is 0. The molecular formula is C16H20O3. The van der Waals surface area contributed by atoms with Gasteiger partial charge in [-0.15, -0.1) is 0 Å². The minimum absolute atomic E-state index is 0.320. The van der Waals surface area contributed by atoms with Crippen molar-refractivity contribution >= 4 is 12.0 Å². The van der Waals surface area contributed by atoms with Crippen LogP contribution in [0, 0.1) is 0 Å². The largest absolute Gasteiger partial charge is 0.494 e. The highest BCUT2D eigenvalue weighted by Gasteiger charge is 1.95. The van der Waals surface area contributed by atoms with E-state index in [9.17, 15) is 4.79 Å². The summed E-state index contributed by atoms with van der Waals surface area (Å²) in [5, 5.41) is 0. The fraction of sp³-hybridized carbons (Fsp3) is 0.312. The van der Waals surface area contributed by atoms with Gasteiger partial charge in [0.15, 0.2) is 0 Å². The molecule has 0 aromatic heterocycles. The molecule has 0 atom stereocenters. The Hall–Kier alpha value is -2.03. The molecule has 0 aliphatic rings. The summed E-state index contributed by atoms with van der Waals surface area (Å²) in [5.41, 5.74) is 0.935. The fourth-order valence-corrected chi connectivity index (χ4v) is 1.42. The first-order valence-corrected chi connectivity index (χ1v) is 6.49. The van der Waals surface area contributed by atoms with Crippen LogP contribution in [0.15, 0.2) is 42.5 Å². The number of esters is 1. The molecule has 19 heavy (non-hydrogen) atoms. The Kier molecular flexibility index (Phi) is 7.10. The lowest BCUT2D eigenvalue weighted by atomic mass is 10.2. The molecule has 3 heteroatoms. The molecule has 1 rings (SSSR count). The Morgan fingerprint density at radius 1 is 1.16 bits per heavy atom. The van der Waals surface area contributed by atoms with E-state index in [1.807, 2.05) is 50.3 Å². The van der Waals surface area contributed by atoms with Crippen molar-refractivity contribution in [3.8, 4) is 5.75 Å². The highest BCUT2D eigenvalue weighted by Crippen LogP contribution is 2.12. The van der Waals surface area contributed by atoms with Crippen molar-refractivity contribution in [3.05, 3.63) is 48.1 Å². The van der Waals surface area contributed by atoms with Gasteiger partial charge < -0.3 is 9.47 Å². The zero-order chi connectivity index (χ0) is 13.9. The zero-order valence-corrected chi connectivity index (χ0v) is 11.5. The van der Waals surface area contributed by atoms with Crippen LogP contribution in [0.1, 0.15) is 25.8 Å². The summed E-state index contributed by atoms with van der Waals surface area (Å²) in [6.07, 6.45) is 7.89. The van der Waals surface area contributed by atoms with E-state index in [1.165, 1.54) is 6.08 Å². The summed E-state index contributed by atoms with van der Waals surface area (Å²) in [5.74, 6) is 0.488. The molecule has 0 unspecified atom stereocenters. The predicted molar refractivity (Wildman–Crippen MR) is 77.0 cm³/mol. The Bertz CT molecular complexity index is 430. The minimum Gasteiger partial charge on any atom is -0.494 e. The van der Waals surface area contributed by atoms with Crippen molar-refractivity contribution in [3.63, 3.8) is 0 Å². The summed E-state index contributed by atoms with van der Waals surface area (Å²) in [6, 6.07) is 7.54. The van der Waals surface area contributed by atoms with E-state index in [0.29, 0.717) is 13.2 Å². The van der Waals surface area contributed by atoms with Crippen LogP contribution in [-0.2, 0) is 9.53 Å². The molecule has 1 aromatic carbocycles. The lowest BCUT2D eigenvalue weighted by molar-refractivity contribution is -0.136. The lowest BCUT2D eigenvalue weighted by Crippen LogP contribution is -1.99. The maximum atomic E-state index is 11.4. The second-order valence-electron chi connectivity index (χ2n) is 3.85. The van der Waals surface area contributed by atoms with Gasteiger partial charge in [-0.1, -0.05) is 31.2 Å². The molecule has 3 nitrogen and oxygen atoms in total. The van der Waals surface area contributed by atoms with E-state index in [4.69, 9.17) is 9.47 Å². The lowest BCUT2D eigenvalue weighted by Gasteiger charge is -2.02. The molecule has 0 N–H and O–H groups in total. The summed E-state index contributed by atoms with van der Waals surface area (Å²) in [7, 11) is 0. The highest BCUT2D eigenvalue weighted by atomic mass is 16.5. The van der Waals surface area contributed by atoms with E-state index in [0.717, 1.165) is 17.7 Å². The summed E-state index contributed by atoms with van der Waals surface area (Å²) in [4.78, 5) is 11.4. The normalized spacial score (nSPS) is 11.1. The van der Waals surface area contributed by atoms with Gasteiger partial charge in [-0.2, -0.15) is 0 Å². The molecule has 0 spiro atoms. The number of rotatable bonds is 7. The van der Waals surface area contributed by atoms with Crippen molar-refractivity contribution in [2.75, 3.05) is 13.2 Å². The Labute approximate surface area is 114 Å². The molecule has 0 bridgehead atoms. The average Bonchev–Trinajstić information content (AvgIpc) is 2.43. The second-order valence-corrected chi connectivity index (χ2v) is 3.85. The van der Waals surface area contributed by atoms with Crippen LogP contribution in [0.2, 0.25) is 0 Å². The summed E-state index contributed by atoms with van der Waals surface area (Å²) in [6.45, 7) is 4.94. The van der Waals surface area contributed by atoms with Gasteiger partial charge in [0, 0.05) is 6.08 Å². The maximum absolute atomic E-state index is 11.4. The van der Waals surface area contributed by atoms with E-state index in [1.54, 1.807) is 6.08 Å². The van der Waals surface area contributed by atoms with Crippen LogP contribution in [0.3, 0.4) is 0 Å². The Morgan fingerprint density at radius 3 is 2.53 bits per heavy atom. The Morgan fingerprint density at radius 2 is 1.89 bits per heavy atom. The maximum Gasteiger partial charge on any atom is 0.331 e. The first-order chi connectivity index (χ1) is 9.26. The minimum atomic E-state index is -0.338. The topological polar surface area (TPSA) is 35.5 Å². The number of ether oxygens (including phenoxy) is 2. The van der Waals surface area contributed by atoms with Crippen LogP contribution < -0.4 is 4.74 Å². The third-order valence-electron chi connectivity index (χ3n) is 2.33. The number of carbonyl (C=O) groups is 1. The van der Waals surface area contributed by atoms with Gasteiger partial charge >= 0.3 is 5.97 Å². The van der Waals surface area contributed by atoms with Crippen LogP contribution >= 0.6 is 0 Å². The molecule has 0 fully saturated rings. The first-order valence-electron chi connectivity index (χ1n) is 6.49. The van der Waals surface area contributed by atoms with Crippen molar-refractivity contribution in [2.24, 2.45) is 0 Å². The number of carbonyl (C=O) groups excluding carboxylic acids is 1. The number of allylic oxidation sites excluding steroid dienone is 1. The van der Waals surface area contributed by atoms with E-state index >= 15 is 0 Å². The molecule has 0 saturated heterocycles. The molecule has 102 valence electrons. The van der Waals surface area contributed by atoms with Gasteiger partial charge in [-0.05, 0) is 37.1 Å². The van der Waals surface area contributed by atoms with Crippen LogP contribution in [-0.4, -0.2) is 19.2 Å². The molecule has 0 aliphatic heterocycles. The first kappa shape index (κ1) is 15.0.